The molecule has 0 aliphatic carbocycles. The summed E-state index contributed by atoms with van der Waals surface area (Å²) in [7, 11) is 0. The number of alkyl halides is 2. The number of hydrogen-bond acceptors (Lipinski definition) is 4. The van der Waals surface area contributed by atoms with E-state index in [1.165, 1.54) is 0 Å². The molecule has 1 aromatic carbocycles. The van der Waals surface area contributed by atoms with E-state index in [2.05, 4.69) is 10.6 Å². The molecule has 2 aliphatic heterocycles. The van der Waals surface area contributed by atoms with Crippen molar-refractivity contribution in [1.29, 1.82) is 0 Å². The predicted octanol–water partition coefficient (Wildman–Crippen LogP) is 3.10. The molecule has 21 heavy (non-hydrogen) atoms. The maximum Gasteiger partial charge on any atom is 0.262 e. The van der Waals surface area contributed by atoms with Crippen LogP contribution < -0.4 is 10.6 Å². The maximum absolute atomic E-state index is 13.1. The third kappa shape index (κ3) is 3.70. The van der Waals surface area contributed by atoms with Gasteiger partial charge in [-0.3, -0.25) is 10.1 Å². The summed E-state index contributed by atoms with van der Waals surface area (Å²) in [5, 5.41) is 5.30. The molecule has 0 aromatic heterocycles. The largest absolute Gasteiger partial charge is 0.325 e. The Morgan fingerprint density at radius 2 is 2.10 bits per heavy atom. The highest BCUT2D eigenvalue weighted by Crippen LogP contribution is 2.45. The van der Waals surface area contributed by atoms with Crippen molar-refractivity contribution < 1.29 is 13.6 Å². The number of anilines is 1. The van der Waals surface area contributed by atoms with E-state index in [-0.39, 0.29) is 0 Å². The van der Waals surface area contributed by atoms with E-state index in [0.29, 0.717) is 10.3 Å². The summed E-state index contributed by atoms with van der Waals surface area (Å²) in [6, 6.07) is 6.83. The summed E-state index contributed by atoms with van der Waals surface area (Å²) >= 11 is 3.77. The van der Waals surface area contributed by atoms with E-state index in [1.807, 2.05) is 41.7 Å². The van der Waals surface area contributed by atoms with Crippen LogP contribution in [0.1, 0.15) is 16.6 Å². The van der Waals surface area contributed by atoms with Gasteiger partial charge in [0.05, 0.1) is 17.2 Å². The molecule has 2 aliphatic rings. The second-order valence-electron chi connectivity index (χ2n) is 5.18. The first-order valence-electron chi connectivity index (χ1n) is 6.79. The smallest absolute Gasteiger partial charge is 0.262 e. The molecule has 2 heterocycles. The van der Waals surface area contributed by atoms with Crippen molar-refractivity contribution in [3.8, 4) is 0 Å². The summed E-state index contributed by atoms with van der Waals surface area (Å²) in [6.45, 7) is -0.430. The number of hydrogen-bond donors (Lipinski definition) is 2. The van der Waals surface area contributed by atoms with Crippen LogP contribution in [-0.2, 0) is 4.79 Å². The van der Waals surface area contributed by atoms with E-state index < -0.39 is 30.8 Å². The third-order valence-corrected chi connectivity index (χ3v) is 6.58. The topological polar surface area (TPSA) is 41.1 Å². The molecule has 1 amide bonds. The van der Waals surface area contributed by atoms with Gasteiger partial charge in [-0.15, -0.1) is 23.5 Å². The summed E-state index contributed by atoms with van der Waals surface area (Å²) in [5.74, 6) is -0.919. The predicted molar refractivity (Wildman–Crippen MR) is 84.1 cm³/mol. The number of thioether (sulfide) groups is 2. The molecule has 2 N–H and O–H groups in total. The minimum atomic E-state index is -2.79. The molecule has 0 radical (unpaired) electrons. The second-order valence-corrected chi connectivity index (χ2v) is 7.91. The average Bonchev–Trinajstić information content (AvgIpc) is 3.08. The number of rotatable bonds is 3. The van der Waals surface area contributed by atoms with Crippen LogP contribution in [0.5, 0.6) is 0 Å². The number of halogens is 2. The van der Waals surface area contributed by atoms with E-state index in [0.717, 1.165) is 17.1 Å². The van der Waals surface area contributed by atoms with Gasteiger partial charge in [0.1, 0.15) is 0 Å². The minimum absolute atomic E-state index is 0.393. The fraction of sp³-hybridized carbons (Fsp3) is 0.500. The molecule has 1 atom stereocenters. The number of benzene rings is 1. The quantitative estimate of drug-likeness (QED) is 0.894. The third-order valence-electron chi connectivity index (χ3n) is 3.47. The highest BCUT2D eigenvalue weighted by Gasteiger charge is 2.42. The Labute approximate surface area is 130 Å². The molecule has 1 unspecified atom stereocenters. The normalized spacial score (nSPS) is 25.1. The molecule has 3 nitrogen and oxygen atoms in total. The number of nitrogens with one attached hydrogen (secondary N) is 2. The second kappa shape index (κ2) is 6.14. The van der Waals surface area contributed by atoms with Gasteiger partial charge >= 0.3 is 0 Å². The van der Waals surface area contributed by atoms with E-state index in [4.69, 9.17) is 0 Å². The van der Waals surface area contributed by atoms with Gasteiger partial charge in [-0.05, 0) is 17.7 Å². The molecule has 3 rings (SSSR count). The number of carbonyl (C=O) groups excluding carboxylic acids is 1. The van der Waals surface area contributed by atoms with Crippen molar-refractivity contribution in [2.45, 2.75) is 23.0 Å². The number of carbonyl (C=O) groups is 1. The molecule has 0 saturated carbocycles. The fourth-order valence-electron chi connectivity index (χ4n) is 2.44. The average molecular weight is 330 g/mol. The lowest BCUT2D eigenvalue weighted by Crippen LogP contribution is -2.35. The first-order valence-corrected chi connectivity index (χ1v) is 8.88. The van der Waals surface area contributed by atoms with Gasteiger partial charge in [-0.25, -0.2) is 8.78 Å². The van der Waals surface area contributed by atoms with Crippen molar-refractivity contribution in [2.24, 2.45) is 0 Å². The minimum Gasteiger partial charge on any atom is -0.325 e. The monoisotopic (exact) mass is 330 g/mol. The Bertz CT molecular complexity index is 535. The molecular weight excluding hydrogens is 314 g/mol. The first-order chi connectivity index (χ1) is 10.0. The van der Waals surface area contributed by atoms with Crippen LogP contribution in [0.3, 0.4) is 0 Å². The van der Waals surface area contributed by atoms with Crippen molar-refractivity contribution in [2.75, 3.05) is 23.4 Å². The molecule has 0 spiro atoms. The SMILES string of the molecule is O=C(Nc1cccc(C2SCCS2)c1)C1CC(F)(F)CN1. The Morgan fingerprint density at radius 1 is 1.33 bits per heavy atom. The Balaban J connectivity index is 1.64. The van der Waals surface area contributed by atoms with Gasteiger partial charge in [-0.2, -0.15) is 0 Å². The summed E-state index contributed by atoms with van der Waals surface area (Å²) in [4.78, 5) is 12.0. The lowest BCUT2D eigenvalue weighted by atomic mass is 10.1. The Hall–Kier alpha value is -0.790. The zero-order valence-electron chi connectivity index (χ0n) is 11.3. The van der Waals surface area contributed by atoms with Crippen LogP contribution in [-0.4, -0.2) is 35.9 Å². The summed E-state index contributed by atoms with van der Waals surface area (Å²) < 4.78 is 26.6. The fourth-order valence-corrected chi connectivity index (χ4v) is 5.28. The summed E-state index contributed by atoms with van der Waals surface area (Å²) in [6.07, 6.45) is -0.438. The van der Waals surface area contributed by atoms with E-state index in [1.54, 1.807) is 6.07 Å². The maximum atomic E-state index is 13.1. The standard InChI is InChI=1S/C14H16F2N2OS2/c15-14(16)7-11(17-8-14)12(19)18-10-3-1-2-9(6-10)13-20-4-5-21-13/h1-3,6,11,13,17H,4-5,7-8H2,(H,18,19). The van der Waals surface area contributed by atoms with Gasteiger partial charge in [-0.1, -0.05) is 12.1 Å². The highest BCUT2D eigenvalue weighted by molar-refractivity contribution is 8.19. The van der Waals surface area contributed by atoms with Gasteiger partial charge in [0.2, 0.25) is 5.91 Å². The van der Waals surface area contributed by atoms with Crippen LogP contribution in [0.25, 0.3) is 0 Å². The molecule has 0 bridgehead atoms. The highest BCUT2D eigenvalue weighted by atomic mass is 32.2. The van der Waals surface area contributed by atoms with Crippen LogP contribution >= 0.6 is 23.5 Å². The zero-order valence-corrected chi connectivity index (χ0v) is 12.9. The van der Waals surface area contributed by atoms with Gasteiger partial charge in [0.25, 0.3) is 5.92 Å². The lowest BCUT2D eigenvalue weighted by Gasteiger charge is -2.13. The molecule has 7 heteroatoms. The lowest BCUT2D eigenvalue weighted by molar-refractivity contribution is -0.118. The van der Waals surface area contributed by atoms with E-state index >= 15 is 0 Å². The van der Waals surface area contributed by atoms with Crippen LogP contribution in [0.15, 0.2) is 24.3 Å². The van der Waals surface area contributed by atoms with Gasteiger partial charge in [0.15, 0.2) is 0 Å². The van der Waals surface area contributed by atoms with Crippen LogP contribution in [0, 0.1) is 0 Å². The van der Waals surface area contributed by atoms with Crippen molar-refractivity contribution >= 4 is 35.1 Å². The van der Waals surface area contributed by atoms with Crippen molar-refractivity contribution in [3.05, 3.63) is 29.8 Å². The van der Waals surface area contributed by atoms with Crippen molar-refractivity contribution in [3.63, 3.8) is 0 Å². The molecular formula is C14H16F2N2OS2. The van der Waals surface area contributed by atoms with Crippen LogP contribution in [0.2, 0.25) is 0 Å². The Kier molecular flexibility index (Phi) is 4.42. The zero-order chi connectivity index (χ0) is 14.9. The Morgan fingerprint density at radius 3 is 2.76 bits per heavy atom. The van der Waals surface area contributed by atoms with E-state index in [9.17, 15) is 13.6 Å². The van der Waals surface area contributed by atoms with Gasteiger partial charge in [0, 0.05) is 23.6 Å². The van der Waals surface area contributed by atoms with Crippen LogP contribution in [0.4, 0.5) is 14.5 Å². The van der Waals surface area contributed by atoms with Crippen molar-refractivity contribution in [1.82, 2.24) is 5.32 Å². The van der Waals surface area contributed by atoms with Gasteiger partial charge < -0.3 is 5.32 Å². The molecule has 1 aromatic rings. The number of amides is 1. The summed E-state index contributed by atoms with van der Waals surface area (Å²) in [5.41, 5.74) is 1.83. The molecule has 2 fully saturated rings. The molecule has 114 valence electrons. The first kappa shape index (κ1) is 15.1. The molecule has 2 saturated heterocycles.